The Labute approximate surface area is 158 Å². The standard InChI is InChI=1S/C19H18N2O3S2/c1-11(18(23)24)25-19-20-16-15(13-9-5-6-10-14(13)26-16)17(22)21(19)12-7-3-2-4-8-12/h2-4,7-8,11H,5-6,9-10H2,1H3,(H,23,24)/t11-/m1/s1. The number of nitrogens with zero attached hydrogens (tertiary/aromatic N) is 2. The van der Waals surface area contributed by atoms with Gasteiger partial charge < -0.3 is 5.11 Å². The number of para-hydroxylation sites is 1. The molecule has 0 saturated heterocycles. The molecule has 1 aliphatic rings. The second kappa shape index (κ2) is 6.89. The van der Waals surface area contributed by atoms with Gasteiger partial charge in [-0.15, -0.1) is 11.3 Å². The average molecular weight is 386 g/mol. The highest BCUT2D eigenvalue weighted by atomic mass is 32.2. The van der Waals surface area contributed by atoms with Crippen molar-refractivity contribution in [2.75, 3.05) is 0 Å². The Morgan fingerprint density at radius 2 is 2.00 bits per heavy atom. The number of carboxylic acids is 1. The third-order valence-corrected chi connectivity index (χ3v) is 6.83. The van der Waals surface area contributed by atoms with Gasteiger partial charge in [-0.2, -0.15) is 0 Å². The number of thioether (sulfide) groups is 1. The van der Waals surface area contributed by atoms with Gasteiger partial charge >= 0.3 is 5.97 Å². The number of carbonyl (C=O) groups is 1. The fraction of sp³-hybridized carbons (Fsp3) is 0.316. The van der Waals surface area contributed by atoms with E-state index in [2.05, 4.69) is 0 Å². The van der Waals surface area contributed by atoms with Gasteiger partial charge in [0.25, 0.3) is 5.56 Å². The second-order valence-electron chi connectivity index (χ2n) is 6.36. The van der Waals surface area contributed by atoms with Crippen LogP contribution < -0.4 is 5.56 Å². The molecule has 1 atom stereocenters. The molecule has 1 aromatic carbocycles. The number of benzene rings is 1. The van der Waals surface area contributed by atoms with E-state index in [0.29, 0.717) is 16.2 Å². The Balaban J connectivity index is 1.99. The lowest BCUT2D eigenvalue weighted by atomic mass is 9.97. The quantitative estimate of drug-likeness (QED) is 0.544. The van der Waals surface area contributed by atoms with Crippen LogP contribution in [0.4, 0.5) is 0 Å². The molecule has 26 heavy (non-hydrogen) atoms. The molecular formula is C19H18N2O3S2. The number of hydrogen-bond donors (Lipinski definition) is 1. The molecule has 3 aromatic rings. The lowest BCUT2D eigenvalue weighted by Gasteiger charge is -2.14. The monoisotopic (exact) mass is 386 g/mol. The summed E-state index contributed by atoms with van der Waals surface area (Å²) >= 11 is 2.69. The summed E-state index contributed by atoms with van der Waals surface area (Å²) in [5.74, 6) is -0.922. The number of hydrogen-bond acceptors (Lipinski definition) is 5. The number of carboxylic acid groups (broad SMARTS) is 1. The Kier molecular flexibility index (Phi) is 4.58. The second-order valence-corrected chi connectivity index (χ2v) is 8.75. The number of aromatic nitrogens is 2. The van der Waals surface area contributed by atoms with Gasteiger partial charge in [-0.3, -0.25) is 14.2 Å². The first-order valence-electron chi connectivity index (χ1n) is 8.58. The Morgan fingerprint density at radius 3 is 2.73 bits per heavy atom. The molecule has 0 fully saturated rings. The molecule has 7 heteroatoms. The maximum absolute atomic E-state index is 13.4. The maximum atomic E-state index is 13.4. The molecule has 0 unspecified atom stereocenters. The molecule has 0 spiro atoms. The van der Waals surface area contributed by atoms with Crippen LogP contribution in [0.2, 0.25) is 0 Å². The fourth-order valence-electron chi connectivity index (χ4n) is 3.28. The van der Waals surface area contributed by atoms with Gasteiger partial charge in [-0.25, -0.2) is 4.98 Å². The summed E-state index contributed by atoms with van der Waals surface area (Å²) in [4.78, 5) is 31.4. The zero-order valence-corrected chi connectivity index (χ0v) is 15.9. The van der Waals surface area contributed by atoms with Crippen LogP contribution in [0.25, 0.3) is 15.9 Å². The summed E-state index contributed by atoms with van der Waals surface area (Å²) < 4.78 is 1.56. The van der Waals surface area contributed by atoms with Gasteiger partial charge in [0.2, 0.25) is 0 Å². The average Bonchev–Trinajstić information content (AvgIpc) is 3.01. The molecule has 4 rings (SSSR count). The lowest BCUT2D eigenvalue weighted by Crippen LogP contribution is -2.24. The number of aliphatic carboxylic acids is 1. The summed E-state index contributed by atoms with van der Waals surface area (Å²) in [7, 11) is 0. The molecular weight excluding hydrogens is 368 g/mol. The van der Waals surface area contributed by atoms with Gasteiger partial charge in [0.1, 0.15) is 10.1 Å². The Bertz CT molecular complexity index is 1040. The first-order chi connectivity index (χ1) is 12.6. The first kappa shape index (κ1) is 17.3. The fourth-order valence-corrected chi connectivity index (χ4v) is 5.44. The van der Waals surface area contributed by atoms with Crippen LogP contribution in [0.3, 0.4) is 0 Å². The molecule has 0 amide bonds. The molecule has 0 bridgehead atoms. The van der Waals surface area contributed by atoms with Crippen molar-refractivity contribution in [2.45, 2.75) is 43.0 Å². The SMILES string of the molecule is C[C@@H](Sc1nc2sc3c(c2c(=O)n1-c1ccccc1)CCCC3)C(=O)O. The maximum Gasteiger partial charge on any atom is 0.316 e. The number of fused-ring (bicyclic) bond motifs is 3. The van der Waals surface area contributed by atoms with E-state index < -0.39 is 11.2 Å². The van der Waals surface area contributed by atoms with Crippen molar-refractivity contribution in [2.24, 2.45) is 0 Å². The molecule has 134 valence electrons. The molecule has 5 nitrogen and oxygen atoms in total. The van der Waals surface area contributed by atoms with Crippen LogP contribution in [-0.2, 0) is 17.6 Å². The van der Waals surface area contributed by atoms with Crippen molar-refractivity contribution < 1.29 is 9.90 Å². The number of thiophene rings is 1. The van der Waals surface area contributed by atoms with Crippen LogP contribution in [0.15, 0.2) is 40.3 Å². The van der Waals surface area contributed by atoms with Gasteiger partial charge in [0.05, 0.1) is 11.1 Å². The van der Waals surface area contributed by atoms with E-state index in [1.807, 2.05) is 30.3 Å². The van der Waals surface area contributed by atoms with E-state index in [4.69, 9.17) is 4.98 Å². The lowest BCUT2D eigenvalue weighted by molar-refractivity contribution is -0.136. The summed E-state index contributed by atoms with van der Waals surface area (Å²) in [6, 6.07) is 9.32. The van der Waals surface area contributed by atoms with Crippen LogP contribution in [0.5, 0.6) is 0 Å². The minimum atomic E-state index is -0.922. The topological polar surface area (TPSA) is 72.2 Å². The molecule has 0 saturated carbocycles. The highest BCUT2D eigenvalue weighted by molar-refractivity contribution is 8.00. The van der Waals surface area contributed by atoms with E-state index in [1.54, 1.807) is 22.8 Å². The zero-order valence-electron chi connectivity index (χ0n) is 14.3. The summed E-state index contributed by atoms with van der Waals surface area (Å²) in [5.41, 5.74) is 1.75. The number of rotatable bonds is 4. The van der Waals surface area contributed by atoms with E-state index in [0.717, 1.165) is 47.8 Å². The van der Waals surface area contributed by atoms with Crippen molar-refractivity contribution in [3.63, 3.8) is 0 Å². The molecule has 2 heterocycles. The molecule has 2 aromatic heterocycles. The smallest absolute Gasteiger partial charge is 0.316 e. The Hall–Kier alpha value is -2.12. The van der Waals surface area contributed by atoms with Crippen LogP contribution in [-0.4, -0.2) is 25.9 Å². The summed E-state index contributed by atoms with van der Waals surface area (Å²) in [6.45, 7) is 1.61. The van der Waals surface area contributed by atoms with E-state index in [1.165, 1.54) is 4.88 Å². The highest BCUT2D eigenvalue weighted by Crippen LogP contribution is 2.35. The van der Waals surface area contributed by atoms with Gasteiger partial charge in [-0.05, 0) is 50.3 Å². The normalized spacial score (nSPS) is 15.0. The Morgan fingerprint density at radius 1 is 1.27 bits per heavy atom. The van der Waals surface area contributed by atoms with Crippen LogP contribution in [0.1, 0.15) is 30.2 Å². The van der Waals surface area contributed by atoms with Crippen molar-refractivity contribution in [1.82, 2.24) is 9.55 Å². The van der Waals surface area contributed by atoms with Gasteiger partial charge in [0.15, 0.2) is 5.16 Å². The van der Waals surface area contributed by atoms with Crippen molar-refractivity contribution >= 4 is 39.3 Å². The van der Waals surface area contributed by atoms with Crippen LogP contribution >= 0.6 is 23.1 Å². The predicted molar refractivity (Wildman–Crippen MR) is 105 cm³/mol. The van der Waals surface area contributed by atoms with E-state index in [9.17, 15) is 14.7 Å². The molecule has 1 aliphatic carbocycles. The molecule has 0 radical (unpaired) electrons. The van der Waals surface area contributed by atoms with Crippen LogP contribution in [0, 0.1) is 0 Å². The third kappa shape index (κ3) is 2.95. The van der Waals surface area contributed by atoms with E-state index >= 15 is 0 Å². The van der Waals surface area contributed by atoms with Crippen molar-refractivity contribution in [1.29, 1.82) is 0 Å². The first-order valence-corrected chi connectivity index (χ1v) is 10.3. The molecule has 1 N–H and O–H groups in total. The summed E-state index contributed by atoms with van der Waals surface area (Å²) in [6.07, 6.45) is 4.15. The largest absolute Gasteiger partial charge is 0.480 e. The highest BCUT2D eigenvalue weighted by Gasteiger charge is 2.24. The van der Waals surface area contributed by atoms with Crippen molar-refractivity contribution in [3.05, 3.63) is 51.1 Å². The number of aryl methyl sites for hydroxylation is 2. The minimum Gasteiger partial charge on any atom is -0.480 e. The minimum absolute atomic E-state index is 0.0966. The van der Waals surface area contributed by atoms with Gasteiger partial charge in [0, 0.05) is 4.88 Å². The van der Waals surface area contributed by atoms with Crippen molar-refractivity contribution in [3.8, 4) is 5.69 Å². The van der Waals surface area contributed by atoms with E-state index in [-0.39, 0.29) is 5.56 Å². The third-order valence-electron chi connectivity index (χ3n) is 4.60. The summed E-state index contributed by atoms with van der Waals surface area (Å²) in [5, 5.41) is 9.74. The zero-order chi connectivity index (χ0) is 18.3. The predicted octanol–water partition coefficient (Wildman–Crippen LogP) is 3.89. The molecule has 0 aliphatic heterocycles. The van der Waals surface area contributed by atoms with Gasteiger partial charge in [-0.1, -0.05) is 30.0 Å².